The molecule has 1 rings (SSSR count). The minimum Gasteiger partial charge on any atom is -0.354 e. The molecule has 2 N–H and O–H groups in total. The topological polar surface area (TPSA) is 82.0 Å². The van der Waals surface area contributed by atoms with Crippen LogP contribution in [0.15, 0.2) is 43.0 Å². The second-order valence-electron chi connectivity index (χ2n) is 4.11. The summed E-state index contributed by atoms with van der Waals surface area (Å²) in [5.74, 6) is -1.02. The van der Waals surface area contributed by atoms with E-state index >= 15 is 0 Å². The molecule has 0 spiro atoms. The Kier molecular flexibility index (Phi) is 6.55. The first-order valence-electron chi connectivity index (χ1n) is 6.29. The van der Waals surface area contributed by atoms with E-state index in [2.05, 4.69) is 17.2 Å². The second kappa shape index (κ2) is 8.48. The van der Waals surface area contributed by atoms with E-state index in [1.807, 2.05) is 36.4 Å². The van der Waals surface area contributed by atoms with Crippen molar-refractivity contribution in [1.82, 2.24) is 10.6 Å². The molecule has 0 saturated carbocycles. The summed E-state index contributed by atoms with van der Waals surface area (Å²) in [6.45, 7) is 3.86. The zero-order valence-electron chi connectivity index (χ0n) is 11.1. The van der Waals surface area contributed by atoms with Gasteiger partial charge in [-0.2, -0.15) is 5.26 Å². The third-order valence-corrected chi connectivity index (χ3v) is 2.72. The number of rotatable bonds is 7. The van der Waals surface area contributed by atoms with E-state index in [4.69, 9.17) is 5.26 Å². The van der Waals surface area contributed by atoms with Crippen molar-refractivity contribution in [1.29, 1.82) is 5.26 Å². The van der Waals surface area contributed by atoms with Gasteiger partial charge in [-0.3, -0.25) is 9.59 Å². The maximum absolute atomic E-state index is 12.1. The molecule has 0 aromatic heterocycles. The lowest BCUT2D eigenvalue weighted by atomic mass is 9.98. The van der Waals surface area contributed by atoms with Gasteiger partial charge >= 0.3 is 0 Å². The highest BCUT2D eigenvalue weighted by atomic mass is 16.2. The Bertz CT molecular complexity index is 506. The van der Waals surface area contributed by atoms with Crippen LogP contribution in [0.2, 0.25) is 0 Å². The van der Waals surface area contributed by atoms with Crippen molar-refractivity contribution in [3.63, 3.8) is 0 Å². The molecule has 1 aromatic rings. The van der Waals surface area contributed by atoms with Crippen molar-refractivity contribution >= 4 is 11.8 Å². The lowest BCUT2D eigenvalue weighted by Crippen LogP contribution is -2.37. The van der Waals surface area contributed by atoms with E-state index in [-0.39, 0.29) is 24.8 Å². The van der Waals surface area contributed by atoms with Crippen LogP contribution >= 0.6 is 0 Å². The number of nitrogens with zero attached hydrogens (tertiary/aromatic N) is 1. The molecule has 1 unspecified atom stereocenters. The summed E-state index contributed by atoms with van der Waals surface area (Å²) in [4.78, 5) is 23.3. The van der Waals surface area contributed by atoms with Crippen molar-refractivity contribution in [2.45, 2.75) is 12.3 Å². The van der Waals surface area contributed by atoms with Crippen LogP contribution in [0.1, 0.15) is 17.9 Å². The van der Waals surface area contributed by atoms with Crippen LogP contribution in [0.3, 0.4) is 0 Å². The fourth-order valence-electron chi connectivity index (χ4n) is 1.69. The zero-order valence-corrected chi connectivity index (χ0v) is 11.1. The Labute approximate surface area is 118 Å². The average molecular weight is 271 g/mol. The molecule has 0 bridgehead atoms. The van der Waals surface area contributed by atoms with E-state index in [9.17, 15) is 9.59 Å². The van der Waals surface area contributed by atoms with Crippen molar-refractivity contribution in [3.8, 4) is 6.07 Å². The van der Waals surface area contributed by atoms with Crippen LogP contribution in [0.4, 0.5) is 0 Å². The summed E-state index contributed by atoms with van der Waals surface area (Å²) in [5, 5.41) is 13.8. The van der Waals surface area contributed by atoms with Gasteiger partial charge in [-0.05, 0) is 11.6 Å². The Morgan fingerprint density at radius 1 is 1.30 bits per heavy atom. The number of benzene rings is 1. The smallest absolute Gasteiger partial charge is 0.243 e. The van der Waals surface area contributed by atoms with Gasteiger partial charge < -0.3 is 10.6 Å². The number of nitriles is 1. The third kappa shape index (κ3) is 4.94. The fraction of sp³-hybridized carbons (Fsp3) is 0.267. The second-order valence-corrected chi connectivity index (χ2v) is 4.11. The van der Waals surface area contributed by atoms with Gasteiger partial charge in [0.05, 0.1) is 18.4 Å². The molecule has 0 heterocycles. The lowest BCUT2D eigenvalue weighted by molar-refractivity contribution is -0.122. The Balaban J connectivity index is 2.74. The highest BCUT2D eigenvalue weighted by Crippen LogP contribution is 2.14. The number of hydrogen-bond acceptors (Lipinski definition) is 3. The lowest BCUT2D eigenvalue weighted by Gasteiger charge is -2.17. The minimum atomic E-state index is -0.487. The van der Waals surface area contributed by atoms with Gasteiger partial charge in [0.25, 0.3) is 0 Å². The monoisotopic (exact) mass is 271 g/mol. The SMILES string of the molecule is C=CC(=O)NCC(C(=O)NCCC#N)c1ccccc1. The quantitative estimate of drug-likeness (QED) is 0.575. The van der Waals surface area contributed by atoms with Crippen LogP contribution in [0, 0.1) is 11.3 Å². The highest BCUT2D eigenvalue weighted by molar-refractivity contribution is 5.88. The normalized spacial score (nSPS) is 10.9. The molecular weight excluding hydrogens is 254 g/mol. The summed E-state index contributed by atoms with van der Waals surface area (Å²) in [6, 6.07) is 11.1. The molecular formula is C15H17N3O2. The van der Waals surface area contributed by atoms with Crippen LogP contribution < -0.4 is 10.6 Å². The van der Waals surface area contributed by atoms with Gasteiger partial charge in [-0.15, -0.1) is 0 Å². The highest BCUT2D eigenvalue weighted by Gasteiger charge is 2.20. The maximum Gasteiger partial charge on any atom is 0.243 e. The number of carbonyl (C=O) groups excluding carboxylic acids is 2. The van der Waals surface area contributed by atoms with Gasteiger partial charge in [-0.25, -0.2) is 0 Å². The summed E-state index contributed by atoms with van der Waals surface area (Å²) in [5.41, 5.74) is 0.811. The molecule has 20 heavy (non-hydrogen) atoms. The molecule has 5 nitrogen and oxygen atoms in total. The average Bonchev–Trinajstić information content (AvgIpc) is 2.48. The van der Waals surface area contributed by atoms with Gasteiger partial charge in [0, 0.05) is 13.1 Å². The predicted molar refractivity (Wildman–Crippen MR) is 75.6 cm³/mol. The molecule has 2 amide bonds. The largest absolute Gasteiger partial charge is 0.354 e. The molecule has 104 valence electrons. The van der Waals surface area contributed by atoms with E-state index < -0.39 is 5.92 Å². The molecule has 1 atom stereocenters. The predicted octanol–water partition coefficient (Wildman–Crippen LogP) is 1.10. The van der Waals surface area contributed by atoms with Crippen molar-refractivity contribution in [2.75, 3.05) is 13.1 Å². The number of nitrogens with one attached hydrogen (secondary N) is 2. The Morgan fingerprint density at radius 3 is 2.60 bits per heavy atom. The molecule has 0 fully saturated rings. The van der Waals surface area contributed by atoms with Crippen molar-refractivity contribution in [3.05, 3.63) is 48.6 Å². The van der Waals surface area contributed by atoms with E-state index in [0.717, 1.165) is 11.6 Å². The Morgan fingerprint density at radius 2 is 2.00 bits per heavy atom. The van der Waals surface area contributed by atoms with Gasteiger partial charge in [0.1, 0.15) is 0 Å². The van der Waals surface area contributed by atoms with Crippen LogP contribution in [0.25, 0.3) is 0 Å². The number of amides is 2. The summed E-state index contributed by atoms with van der Waals surface area (Å²) >= 11 is 0. The molecule has 0 aliphatic heterocycles. The van der Waals surface area contributed by atoms with Crippen LogP contribution in [-0.2, 0) is 9.59 Å². The molecule has 1 aromatic carbocycles. The summed E-state index contributed by atoms with van der Waals surface area (Å²) in [7, 11) is 0. The molecule has 0 radical (unpaired) electrons. The molecule has 0 saturated heterocycles. The first-order chi connectivity index (χ1) is 9.69. The molecule has 0 aliphatic rings. The fourth-order valence-corrected chi connectivity index (χ4v) is 1.69. The molecule has 5 heteroatoms. The minimum absolute atomic E-state index is 0.188. The van der Waals surface area contributed by atoms with E-state index in [1.54, 1.807) is 0 Å². The van der Waals surface area contributed by atoms with Crippen LogP contribution in [0.5, 0.6) is 0 Å². The molecule has 0 aliphatic carbocycles. The van der Waals surface area contributed by atoms with Gasteiger partial charge in [-0.1, -0.05) is 36.9 Å². The first-order valence-corrected chi connectivity index (χ1v) is 6.29. The Hall–Kier alpha value is -2.61. The number of carbonyl (C=O) groups is 2. The zero-order chi connectivity index (χ0) is 14.8. The van der Waals surface area contributed by atoms with E-state index in [0.29, 0.717) is 6.54 Å². The third-order valence-electron chi connectivity index (χ3n) is 2.72. The summed E-state index contributed by atoms with van der Waals surface area (Å²) < 4.78 is 0. The van der Waals surface area contributed by atoms with Gasteiger partial charge in [0.2, 0.25) is 11.8 Å². The first kappa shape index (κ1) is 15.4. The summed E-state index contributed by atoms with van der Waals surface area (Å²) in [6.07, 6.45) is 1.42. The standard InChI is InChI=1S/C15H17N3O2/c1-2-14(19)18-11-13(12-7-4-3-5-8-12)15(20)17-10-6-9-16/h2-5,7-8,13H,1,6,10-11H2,(H,17,20)(H,18,19). The van der Waals surface area contributed by atoms with Crippen molar-refractivity contribution < 1.29 is 9.59 Å². The van der Waals surface area contributed by atoms with Crippen LogP contribution in [-0.4, -0.2) is 24.9 Å². The van der Waals surface area contributed by atoms with Gasteiger partial charge in [0.15, 0.2) is 0 Å². The number of hydrogen-bond donors (Lipinski definition) is 2. The maximum atomic E-state index is 12.1. The van der Waals surface area contributed by atoms with Crippen molar-refractivity contribution in [2.24, 2.45) is 0 Å². The van der Waals surface area contributed by atoms with E-state index in [1.165, 1.54) is 0 Å².